The summed E-state index contributed by atoms with van der Waals surface area (Å²) in [6.45, 7) is 7.10. The first kappa shape index (κ1) is 89.5. The summed E-state index contributed by atoms with van der Waals surface area (Å²) in [7, 11) is -9.91. The van der Waals surface area contributed by atoms with E-state index in [1.807, 2.05) is 0 Å². The van der Waals surface area contributed by atoms with E-state index in [1.165, 1.54) is 154 Å². The number of aliphatic hydroxyl groups is 1. The first-order valence-corrected chi connectivity index (χ1v) is 40.5. The molecule has 19 heteroatoms. The molecule has 3 unspecified atom stereocenters. The highest BCUT2D eigenvalue weighted by Crippen LogP contribution is 2.45. The molecule has 0 aliphatic carbocycles. The summed E-state index contributed by atoms with van der Waals surface area (Å²) in [6.07, 6.45) is 56.8. The molecule has 0 aliphatic heterocycles. The summed E-state index contributed by atoms with van der Waals surface area (Å²) in [6, 6.07) is 0. The lowest BCUT2D eigenvalue weighted by Gasteiger charge is -2.21. The van der Waals surface area contributed by atoms with E-state index in [-0.39, 0.29) is 25.7 Å². The summed E-state index contributed by atoms with van der Waals surface area (Å²) in [4.78, 5) is 72.3. The van der Waals surface area contributed by atoms with Gasteiger partial charge in [-0.25, -0.2) is 9.13 Å². The van der Waals surface area contributed by atoms with E-state index in [1.54, 1.807) is 0 Å². The molecule has 0 aliphatic rings. The van der Waals surface area contributed by atoms with Gasteiger partial charge in [0, 0.05) is 25.7 Å². The quantitative estimate of drug-likeness (QED) is 0.0169. The molecule has 0 bridgehead atoms. The van der Waals surface area contributed by atoms with Gasteiger partial charge in [0.05, 0.1) is 26.4 Å². The van der Waals surface area contributed by atoms with Crippen molar-refractivity contribution in [2.45, 2.75) is 374 Å². The Morgan fingerprint density at radius 3 is 0.924 bits per heavy atom. The van der Waals surface area contributed by atoms with Crippen LogP contribution in [0.2, 0.25) is 0 Å². The van der Waals surface area contributed by atoms with Gasteiger partial charge in [-0.15, -0.1) is 0 Å². The average Bonchev–Trinajstić information content (AvgIpc) is 3.01. The molecule has 0 aromatic heterocycles. The summed E-state index contributed by atoms with van der Waals surface area (Å²) < 4.78 is 68.1. The minimum absolute atomic E-state index is 0.102. The molecule has 0 saturated carbocycles. The molecule has 542 valence electrons. The third-order valence-corrected chi connectivity index (χ3v) is 18.7. The summed E-state index contributed by atoms with van der Waals surface area (Å²) >= 11 is 0. The lowest BCUT2D eigenvalue weighted by Crippen LogP contribution is -2.30. The number of carbonyl (C=O) groups excluding carboxylic acids is 4. The molecule has 0 amide bonds. The van der Waals surface area contributed by atoms with Gasteiger partial charge in [-0.2, -0.15) is 0 Å². The van der Waals surface area contributed by atoms with E-state index >= 15 is 0 Å². The van der Waals surface area contributed by atoms with Gasteiger partial charge in [0.25, 0.3) is 0 Å². The van der Waals surface area contributed by atoms with Gasteiger partial charge < -0.3 is 33.8 Å². The third-order valence-electron chi connectivity index (χ3n) is 16.8. The van der Waals surface area contributed by atoms with E-state index in [0.29, 0.717) is 25.7 Å². The van der Waals surface area contributed by atoms with Gasteiger partial charge in [-0.1, -0.05) is 303 Å². The first-order valence-electron chi connectivity index (χ1n) is 37.5. The Kier molecular flexibility index (Phi) is 64.0. The molecular formula is C73H138O17P2. The molecular weight excluding hydrogens is 1210 g/mol. The van der Waals surface area contributed by atoms with Crippen molar-refractivity contribution < 1.29 is 80.2 Å². The van der Waals surface area contributed by atoms with E-state index in [9.17, 15) is 43.2 Å². The van der Waals surface area contributed by atoms with Gasteiger partial charge in [0.15, 0.2) is 12.2 Å². The van der Waals surface area contributed by atoms with Crippen LogP contribution in [0.25, 0.3) is 0 Å². The number of ether oxygens (including phenoxy) is 4. The highest BCUT2D eigenvalue weighted by Gasteiger charge is 2.30. The fourth-order valence-electron chi connectivity index (χ4n) is 10.6. The van der Waals surface area contributed by atoms with Gasteiger partial charge in [0.1, 0.15) is 19.3 Å². The average molecular weight is 1350 g/mol. The van der Waals surface area contributed by atoms with Crippen LogP contribution in [0.3, 0.4) is 0 Å². The molecule has 6 atom stereocenters. The zero-order valence-corrected chi connectivity index (χ0v) is 61.0. The largest absolute Gasteiger partial charge is 0.472 e. The minimum atomic E-state index is -4.96. The minimum Gasteiger partial charge on any atom is -0.462 e. The Labute approximate surface area is 561 Å². The second-order valence-corrected chi connectivity index (χ2v) is 28.8. The van der Waals surface area contributed by atoms with Gasteiger partial charge >= 0.3 is 39.5 Å². The highest BCUT2D eigenvalue weighted by molar-refractivity contribution is 7.47. The van der Waals surface area contributed by atoms with E-state index < -0.39 is 97.5 Å². The third kappa shape index (κ3) is 64.9. The van der Waals surface area contributed by atoms with Crippen LogP contribution >= 0.6 is 15.6 Å². The second kappa shape index (κ2) is 65.8. The summed E-state index contributed by atoms with van der Waals surface area (Å²) in [5, 5.41) is 10.6. The fraction of sp³-hybridized carbons (Fsp3) is 0.890. The molecule has 0 rings (SSSR count). The zero-order valence-electron chi connectivity index (χ0n) is 59.2. The van der Waals surface area contributed by atoms with Crippen molar-refractivity contribution in [1.82, 2.24) is 0 Å². The summed E-state index contributed by atoms with van der Waals surface area (Å²) in [5.74, 6) is -1.39. The number of carbonyl (C=O) groups is 4. The van der Waals surface area contributed by atoms with Crippen LogP contribution in [0, 0.1) is 5.92 Å². The maximum Gasteiger partial charge on any atom is 0.472 e. The number of hydrogen-bond acceptors (Lipinski definition) is 15. The number of aliphatic hydroxyl groups excluding tert-OH is 1. The molecule has 92 heavy (non-hydrogen) atoms. The van der Waals surface area contributed by atoms with Crippen LogP contribution in [-0.4, -0.2) is 96.7 Å². The maximum atomic E-state index is 13.0. The molecule has 0 aromatic carbocycles. The topological polar surface area (TPSA) is 237 Å². The van der Waals surface area contributed by atoms with Crippen LogP contribution in [0.15, 0.2) is 24.3 Å². The van der Waals surface area contributed by atoms with Crippen molar-refractivity contribution in [2.24, 2.45) is 5.92 Å². The van der Waals surface area contributed by atoms with Crippen LogP contribution in [-0.2, 0) is 65.4 Å². The maximum absolute atomic E-state index is 13.0. The SMILES string of the molecule is CCCCCC/C=C\C=C/CCCCCCCC(=O)OC[C@H](COP(=O)(O)OC[C@@H](O)COP(=O)(O)OC[C@@H](COC(=O)CCCCCCC)OC(=O)CCCCCCCCCCC(C)CC)OC(=O)CCCCCCCCCCCCCCCCCCCCCC. The number of hydrogen-bond donors (Lipinski definition) is 3. The Hall–Kier alpha value is -2.46. The molecule has 0 saturated heterocycles. The fourth-order valence-corrected chi connectivity index (χ4v) is 12.2. The Bertz CT molecular complexity index is 1870. The molecule has 0 aromatic rings. The molecule has 0 spiro atoms. The summed E-state index contributed by atoms with van der Waals surface area (Å²) in [5.41, 5.74) is 0. The molecule has 17 nitrogen and oxygen atoms in total. The van der Waals surface area contributed by atoms with Crippen LogP contribution in [0.1, 0.15) is 356 Å². The van der Waals surface area contributed by atoms with E-state index in [2.05, 4.69) is 58.9 Å². The predicted molar refractivity (Wildman–Crippen MR) is 372 cm³/mol. The Balaban J connectivity index is 5.17. The molecule has 3 N–H and O–H groups in total. The zero-order chi connectivity index (χ0) is 67.7. The Morgan fingerprint density at radius 2 is 0.609 bits per heavy atom. The Morgan fingerprint density at radius 1 is 0.348 bits per heavy atom. The van der Waals surface area contributed by atoms with Crippen LogP contribution < -0.4 is 0 Å². The smallest absolute Gasteiger partial charge is 0.462 e. The normalized spacial score (nSPS) is 14.5. The number of esters is 4. The molecule has 0 heterocycles. The van der Waals surface area contributed by atoms with Gasteiger partial charge in [-0.05, 0) is 57.3 Å². The first-order chi connectivity index (χ1) is 44.6. The lowest BCUT2D eigenvalue weighted by molar-refractivity contribution is -0.161. The van der Waals surface area contributed by atoms with Crippen molar-refractivity contribution in [1.29, 1.82) is 0 Å². The predicted octanol–water partition coefficient (Wildman–Crippen LogP) is 20.9. The lowest BCUT2D eigenvalue weighted by atomic mass is 9.99. The standard InChI is InChI=1S/C73H138O17P2/c1-6-10-13-16-18-20-22-24-26-27-28-29-30-32-34-36-38-43-48-53-58-72(77)90-69(63-84-71(76)57-52-47-42-37-35-33-31-25-23-21-19-17-14-11-7-2)65-88-92(81,82)86-61-67(74)60-85-91(79,80)87-64-68(62-83-70(75)56-51-45-15-12-8-3)89-73(78)59-54-49-44-40-39-41-46-50-55-66(5)9-4/h21,23,25,31,66-69,74H,6-20,22,24,26-30,32-65H2,1-5H3,(H,79,80)(H,81,82)/b23-21-,31-25-/t66?,67-,68+,69+/m0/s1. The van der Waals surface area contributed by atoms with E-state index in [0.717, 1.165) is 121 Å². The number of rotatable bonds is 71. The van der Waals surface area contributed by atoms with Crippen LogP contribution in [0.4, 0.5) is 0 Å². The number of phosphoric ester groups is 2. The van der Waals surface area contributed by atoms with Crippen molar-refractivity contribution in [3.05, 3.63) is 24.3 Å². The van der Waals surface area contributed by atoms with Gasteiger partial charge in [-0.3, -0.25) is 37.3 Å². The molecule has 0 radical (unpaired) electrons. The van der Waals surface area contributed by atoms with Crippen molar-refractivity contribution in [3.63, 3.8) is 0 Å². The molecule has 0 fully saturated rings. The second-order valence-electron chi connectivity index (χ2n) is 25.9. The number of allylic oxidation sites excluding steroid dienone is 4. The van der Waals surface area contributed by atoms with Crippen LogP contribution in [0.5, 0.6) is 0 Å². The van der Waals surface area contributed by atoms with Crippen molar-refractivity contribution in [3.8, 4) is 0 Å². The van der Waals surface area contributed by atoms with Gasteiger partial charge in [0.2, 0.25) is 0 Å². The monoisotopic (exact) mass is 1350 g/mol. The van der Waals surface area contributed by atoms with Crippen molar-refractivity contribution >= 4 is 39.5 Å². The number of phosphoric acid groups is 2. The highest BCUT2D eigenvalue weighted by atomic mass is 31.2. The number of unbranched alkanes of at least 4 members (excludes halogenated alkanes) is 39. The van der Waals surface area contributed by atoms with E-state index in [4.69, 9.17) is 37.0 Å². The van der Waals surface area contributed by atoms with Crippen molar-refractivity contribution in [2.75, 3.05) is 39.6 Å².